The van der Waals surface area contributed by atoms with Crippen LogP contribution in [0.3, 0.4) is 0 Å². The van der Waals surface area contributed by atoms with Crippen molar-refractivity contribution in [2.24, 2.45) is 5.92 Å². The predicted molar refractivity (Wildman–Crippen MR) is 129 cm³/mol. The first-order valence-corrected chi connectivity index (χ1v) is 11.7. The van der Waals surface area contributed by atoms with Gasteiger partial charge in [0.15, 0.2) is 0 Å². The number of methoxy groups -OCH3 is 1. The van der Waals surface area contributed by atoms with E-state index in [0.717, 1.165) is 22.9 Å². The van der Waals surface area contributed by atoms with E-state index in [1.165, 1.54) is 24.3 Å². The molecular weight excluding hydrogens is 453 g/mol. The molecule has 1 amide bonds. The number of carbonyl (C=O) groups is 1. The van der Waals surface area contributed by atoms with Crippen LogP contribution in [0.25, 0.3) is 0 Å². The average Bonchev–Trinajstić information content (AvgIpc) is 2.86. The van der Waals surface area contributed by atoms with Crippen LogP contribution in [0.2, 0.25) is 0 Å². The zero-order valence-electron chi connectivity index (χ0n) is 19.6. The second-order valence-electron chi connectivity index (χ2n) is 8.96. The molecule has 0 aliphatic carbocycles. The number of hydrogen-bond acceptors (Lipinski definition) is 3. The van der Waals surface area contributed by atoms with Crippen molar-refractivity contribution in [3.8, 4) is 5.75 Å². The fourth-order valence-corrected chi connectivity index (χ4v) is 4.75. The van der Waals surface area contributed by atoms with E-state index in [0.29, 0.717) is 38.0 Å². The van der Waals surface area contributed by atoms with Gasteiger partial charge in [-0.05, 0) is 54.2 Å². The van der Waals surface area contributed by atoms with Crippen LogP contribution in [0.1, 0.15) is 29.0 Å². The van der Waals surface area contributed by atoms with Gasteiger partial charge in [-0.25, -0.2) is 13.2 Å². The van der Waals surface area contributed by atoms with Crippen molar-refractivity contribution in [3.63, 3.8) is 0 Å². The van der Waals surface area contributed by atoms with E-state index in [-0.39, 0.29) is 30.1 Å². The Bertz CT molecular complexity index is 1150. The quantitative estimate of drug-likeness (QED) is 0.487. The molecule has 35 heavy (non-hydrogen) atoms. The molecule has 0 bridgehead atoms. The maximum Gasteiger partial charge on any atom is 0.224 e. The van der Waals surface area contributed by atoms with E-state index in [1.54, 1.807) is 19.2 Å². The minimum Gasteiger partial charge on any atom is -0.496 e. The van der Waals surface area contributed by atoms with Gasteiger partial charge in [-0.15, -0.1) is 0 Å². The summed E-state index contributed by atoms with van der Waals surface area (Å²) in [6.45, 7) is 1.76. The summed E-state index contributed by atoms with van der Waals surface area (Å²) in [4.78, 5) is 15.1. The lowest BCUT2D eigenvalue weighted by molar-refractivity contribution is -0.127. The summed E-state index contributed by atoms with van der Waals surface area (Å²) in [6.07, 6.45) is 1.24. The van der Waals surface area contributed by atoms with Gasteiger partial charge in [0.05, 0.1) is 13.0 Å². The Kier molecular flexibility index (Phi) is 8.08. The maximum absolute atomic E-state index is 14.3. The van der Waals surface area contributed by atoms with Crippen molar-refractivity contribution in [2.75, 3.05) is 26.7 Å². The highest BCUT2D eigenvalue weighted by Crippen LogP contribution is 2.32. The second kappa shape index (κ2) is 11.4. The summed E-state index contributed by atoms with van der Waals surface area (Å²) in [5.74, 6) is -1.18. The minimum absolute atomic E-state index is 0.0159. The molecule has 2 unspecified atom stereocenters. The third-order valence-electron chi connectivity index (χ3n) is 6.53. The summed E-state index contributed by atoms with van der Waals surface area (Å²) < 4.78 is 46.5. The Morgan fingerprint density at radius 1 is 0.971 bits per heavy atom. The molecule has 3 aromatic rings. The first-order valence-electron chi connectivity index (χ1n) is 11.7. The molecule has 0 radical (unpaired) electrons. The van der Waals surface area contributed by atoms with Crippen LogP contribution in [0.15, 0.2) is 66.7 Å². The van der Waals surface area contributed by atoms with E-state index >= 15 is 0 Å². The Hall–Kier alpha value is -3.32. The lowest BCUT2D eigenvalue weighted by Crippen LogP contribution is -2.45. The van der Waals surface area contributed by atoms with Gasteiger partial charge in [0.25, 0.3) is 0 Å². The van der Waals surface area contributed by atoms with Crippen molar-refractivity contribution in [1.29, 1.82) is 0 Å². The van der Waals surface area contributed by atoms with Crippen LogP contribution < -0.4 is 10.1 Å². The number of nitrogens with one attached hydrogen (secondary N) is 1. The number of para-hydroxylation sites is 1. The van der Waals surface area contributed by atoms with Crippen molar-refractivity contribution in [2.45, 2.75) is 25.3 Å². The fraction of sp³-hybridized carbons (Fsp3) is 0.321. The van der Waals surface area contributed by atoms with Gasteiger partial charge in [0.2, 0.25) is 5.91 Å². The van der Waals surface area contributed by atoms with E-state index < -0.39 is 11.6 Å². The Balaban J connectivity index is 1.46. The van der Waals surface area contributed by atoms with Gasteiger partial charge < -0.3 is 10.1 Å². The van der Waals surface area contributed by atoms with Crippen LogP contribution in [-0.4, -0.2) is 37.6 Å². The molecule has 7 heteroatoms. The summed E-state index contributed by atoms with van der Waals surface area (Å²) in [5.41, 5.74) is 2.32. The largest absolute Gasteiger partial charge is 0.496 e. The molecule has 1 fully saturated rings. The Morgan fingerprint density at radius 2 is 1.71 bits per heavy atom. The summed E-state index contributed by atoms with van der Waals surface area (Å²) >= 11 is 0. The predicted octanol–water partition coefficient (Wildman–Crippen LogP) is 5.08. The lowest BCUT2D eigenvalue weighted by Gasteiger charge is -2.37. The van der Waals surface area contributed by atoms with E-state index in [4.69, 9.17) is 4.74 Å². The van der Waals surface area contributed by atoms with Gasteiger partial charge in [-0.3, -0.25) is 9.69 Å². The summed E-state index contributed by atoms with van der Waals surface area (Å²) in [6, 6.07) is 17.5. The Morgan fingerprint density at radius 3 is 2.46 bits per heavy atom. The highest BCUT2D eigenvalue weighted by Gasteiger charge is 2.32. The molecule has 1 heterocycles. The third-order valence-corrected chi connectivity index (χ3v) is 6.53. The normalized spacial score (nSPS) is 18.3. The monoisotopic (exact) mass is 482 g/mol. The Labute approximate surface area is 203 Å². The second-order valence-corrected chi connectivity index (χ2v) is 8.96. The molecule has 3 aromatic carbocycles. The number of nitrogens with zero attached hydrogens (tertiary/aromatic N) is 1. The molecule has 184 valence electrons. The number of benzene rings is 3. The number of hydrogen-bond donors (Lipinski definition) is 1. The molecule has 4 nitrogen and oxygen atoms in total. The summed E-state index contributed by atoms with van der Waals surface area (Å²) in [5, 5.41) is 3.03. The highest BCUT2D eigenvalue weighted by atomic mass is 19.1. The van der Waals surface area contributed by atoms with Crippen LogP contribution in [0.5, 0.6) is 5.75 Å². The van der Waals surface area contributed by atoms with Gasteiger partial charge >= 0.3 is 0 Å². The number of ether oxygens (including phenoxy) is 1. The highest BCUT2D eigenvalue weighted by molar-refractivity contribution is 5.79. The number of piperidine rings is 1. The van der Waals surface area contributed by atoms with Gasteiger partial charge in [0.1, 0.15) is 23.2 Å². The van der Waals surface area contributed by atoms with Gasteiger partial charge in [0, 0.05) is 37.8 Å². The standard InChI is InChI=1S/C28H29F3N2O2/c1-35-27-5-3-2-4-20(27)12-13-32-28(34)23-14-22(19-6-9-24(29)10-7-19)17-33(18-23)16-21-8-11-25(30)15-26(21)31/h2-11,15,22-23H,12-14,16-18H2,1H3,(H,32,34). The van der Waals surface area contributed by atoms with E-state index in [9.17, 15) is 18.0 Å². The number of carbonyl (C=O) groups excluding carboxylic acids is 1. The van der Waals surface area contributed by atoms with Crippen LogP contribution in [0.4, 0.5) is 13.2 Å². The van der Waals surface area contributed by atoms with Gasteiger partial charge in [-0.1, -0.05) is 36.4 Å². The van der Waals surface area contributed by atoms with E-state index in [1.807, 2.05) is 29.2 Å². The average molecular weight is 483 g/mol. The molecule has 1 aliphatic rings. The van der Waals surface area contributed by atoms with Crippen molar-refractivity contribution < 1.29 is 22.7 Å². The molecule has 0 spiro atoms. The molecular formula is C28H29F3N2O2. The van der Waals surface area contributed by atoms with Crippen LogP contribution in [-0.2, 0) is 17.8 Å². The number of likely N-dealkylation sites (tertiary alicyclic amines) is 1. The van der Waals surface area contributed by atoms with Crippen molar-refractivity contribution in [3.05, 3.63) is 101 Å². The fourth-order valence-electron chi connectivity index (χ4n) is 4.75. The molecule has 1 aliphatic heterocycles. The lowest BCUT2D eigenvalue weighted by atomic mass is 9.83. The molecule has 2 atom stereocenters. The number of halogens is 3. The SMILES string of the molecule is COc1ccccc1CCNC(=O)C1CC(c2ccc(F)cc2)CN(Cc2ccc(F)cc2F)C1. The molecule has 1 N–H and O–H groups in total. The topological polar surface area (TPSA) is 41.6 Å². The molecule has 0 saturated carbocycles. The first kappa shape index (κ1) is 24.8. The minimum atomic E-state index is -0.624. The van der Waals surface area contributed by atoms with Gasteiger partial charge in [-0.2, -0.15) is 0 Å². The maximum atomic E-state index is 14.3. The smallest absolute Gasteiger partial charge is 0.224 e. The zero-order chi connectivity index (χ0) is 24.8. The molecule has 0 aromatic heterocycles. The third kappa shape index (κ3) is 6.42. The number of rotatable bonds is 8. The summed E-state index contributed by atoms with van der Waals surface area (Å²) in [7, 11) is 1.62. The van der Waals surface area contributed by atoms with Crippen molar-refractivity contribution in [1.82, 2.24) is 10.2 Å². The van der Waals surface area contributed by atoms with E-state index in [2.05, 4.69) is 5.32 Å². The molecule has 4 rings (SSSR count). The van der Waals surface area contributed by atoms with Crippen LogP contribution >= 0.6 is 0 Å². The first-order chi connectivity index (χ1) is 16.9. The van der Waals surface area contributed by atoms with Crippen LogP contribution in [0, 0.1) is 23.4 Å². The number of amides is 1. The zero-order valence-corrected chi connectivity index (χ0v) is 19.6. The van der Waals surface area contributed by atoms with Crippen molar-refractivity contribution >= 4 is 5.91 Å². The molecule has 1 saturated heterocycles.